The van der Waals surface area contributed by atoms with Gasteiger partial charge in [-0.3, -0.25) is 0 Å². The van der Waals surface area contributed by atoms with Crippen LogP contribution in [0.1, 0.15) is 19.3 Å². The van der Waals surface area contributed by atoms with E-state index in [2.05, 4.69) is 14.7 Å². The third kappa shape index (κ3) is 2.60. The zero-order chi connectivity index (χ0) is 11.6. The summed E-state index contributed by atoms with van der Waals surface area (Å²) in [4.78, 5) is 6.22. The number of rotatable bonds is 4. The minimum Gasteiger partial charge on any atom is -0.393 e. The monoisotopic (exact) mass is 245 g/mol. The molecular weight excluding hydrogens is 230 g/mol. The van der Waals surface area contributed by atoms with Gasteiger partial charge in [-0.05, 0) is 25.2 Å². The van der Waals surface area contributed by atoms with Crippen molar-refractivity contribution in [1.29, 1.82) is 0 Å². The molecule has 3 N–H and O–H groups in total. The molecule has 0 amide bonds. The molecule has 16 heavy (non-hydrogen) atoms. The van der Waals surface area contributed by atoms with E-state index in [0.717, 1.165) is 12.8 Å². The minimum absolute atomic E-state index is 0.0750. The van der Waals surface area contributed by atoms with Gasteiger partial charge in [0.25, 0.3) is 10.0 Å². The SMILES string of the molecule is O=S(=O)(NCC1CCC(O)C1)c1cnc[nH]1. The van der Waals surface area contributed by atoms with Crippen LogP contribution in [-0.2, 0) is 10.0 Å². The fourth-order valence-corrected chi connectivity index (χ4v) is 2.95. The highest BCUT2D eigenvalue weighted by molar-refractivity contribution is 7.89. The highest BCUT2D eigenvalue weighted by Crippen LogP contribution is 2.24. The molecule has 1 saturated carbocycles. The molecule has 7 heteroatoms. The van der Waals surface area contributed by atoms with Gasteiger partial charge in [0.05, 0.1) is 18.6 Å². The van der Waals surface area contributed by atoms with Gasteiger partial charge in [0, 0.05) is 6.54 Å². The summed E-state index contributed by atoms with van der Waals surface area (Å²) >= 11 is 0. The standard InChI is InChI=1S/C9H15N3O3S/c13-8-2-1-7(3-8)4-12-16(14,15)9-5-10-6-11-9/h5-8,12-13H,1-4H2,(H,10,11). The maximum absolute atomic E-state index is 11.7. The van der Waals surface area contributed by atoms with Crippen molar-refractivity contribution < 1.29 is 13.5 Å². The number of aromatic nitrogens is 2. The molecule has 2 atom stereocenters. The second-order valence-electron chi connectivity index (χ2n) is 4.10. The molecule has 1 aromatic heterocycles. The molecule has 0 radical (unpaired) electrons. The summed E-state index contributed by atoms with van der Waals surface area (Å²) in [6.07, 6.45) is 4.62. The van der Waals surface area contributed by atoms with Crippen LogP contribution in [0, 0.1) is 5.92 Å². The smallest absolute Gasteiger partial charge is 0.257 e. The summed E-state index contributed by atoms with van der Waals surface area (Å²) in [7, 11) is -3.47. The third-order valence-electron chi connectivity index (χ3n) is 2.84. The zero-order valence-corrected chi connectivity index (χ0v) is 9.57. The van der Waals surface area contributed by atoms with Gasteiger partial charge in [0.15, 0.2) is 5.03 Å². The van der Waals surface area contributed by atoms with Gasteiger partial charge >= 0.3 is 0 Å². The van der Waals surface area contributed by atoms with Crippen molar-refractivity contribution in [3.05, 3.63) is 12.5 Å². The number of hydrogen-bond donors (Lipinski definition) is 3. The number of aliphatic hydroxyl groups excluding tert-OH is 1. The van der Waals surface area contributed by atoms with E-state index in [4.69, 9.17) is 0 Å². The van der Waals surface area contributed by atoms with Crippen molar-refractivity contribution in [2.24, 2.45) is 5.92 Å². The van der Waals surface area contributed by atoms with Crippen LogP contribution in [0.4, 0.5) is 0 Å². The van der Waals surface area contributed by atoms with Crippen molar-refractivity contribution in [1.82, 2.24) is 14.7 Å². The average Bonchev–Trinajstić information content (AvgIpc) is 2.85. The van der Waals surface area contributed by atoms with Crippen LogP contribution in [0.15, 0.2) is 17.6 Å². The van der Waals surface area contributed by atoms with Crippen LogP contribution < -0.4 is 4.72 Å². The molecule has 0 spiro atoms. The second kappa shape index (κ2) is 4.52. The Morgan fingerprint density at radius 1 is 1.56 bits per heavy atom. The fourth-order valence-electron chi connectivity index (χ4n) is 1.93. The van der Waals surface area contributed by atoms with Gasteiger partial charge in [-0.1, -0.05) is 0 Å². The van der Waals surface area contributed by atoms with E-state index in [1.54, 1.807) is 0 Å². The molecule has 0 aliphatic heterocycles. The first kappa shape index (κ1) is 11.6. The van der Waals surface area contributed by atoms with Crippen molar-refractivity contribution in [2.75, 3.05) is 6.54 Å². The number of H-pyrrole nitrogens is 1. The first-order valence-corrected chi connectivity index (χ1v) is 6.72. The third-order valence-corrected chi connectivity index (χ3v) is 4.19. The number of aromatic amines is 1. The lowest BCUT2D eigenvalue weighted by Gasteiger charge is -2.10. The van der Waals surface area contributed by atoms with Crippen molar-refractivity contribution >= 4 is 10.0 Å². The molecule has 2 rings (SSSR count). The number of hydrogen-bond acceptors (Lipinski definition) is 4. The van der Waals surface area contributed by atoms with Crippen molar-refractivity contribution in [3.8, 4) is 0 Å². The summed E-state index contributed by atoms with van der Waals surface area (Å²) in [5, 5.41) is 9.39. The first-order valence-electron chi connectivity index (χ1n) is 5.24. The molecule has 0 bridgehead atoms. The summed E-state index contributed by atoms with van der Waals surface area (Å²) in [6, 6.07) is 0. The van der Waals surface area contributed by atoms with Crippen LogP contribution in [0.2, 0.25) is 0 Å². The molecule has 6 nitrogen and oxygen atoms in total. The van der Waals surface area contributed by atoms with E-state index in [9.17, 15) is 13.5 Å². The largest absolute Gasteiger partial charge is 0.393 e. The summed E-state index contributed by atoms with van der Waals surface area (Å²) in [5.74, 6) is 0.229. The molecule has 0 aromatic carbocycles. The van der Waals surface area contributed by atoms with E-state index >= 15 is 0 Å². The van der Waals surface area contributed by atoms with Gasteiger partial charge in [-0.25, -0.2) is 18.1 Å². The van der Waals surface area contributed by atoms with Crippen LogP contribution in [0.25, 0.3) is 0 Å². The highest BCUT2D eigenvalue weighted by Gasteiger charge is 2.25. The zero-order valence-electron chi connectivity index (χ0n) is 8.76. The number of imidazole rings is 1. The molecule has 1 heterocycles. The Hall–Kier alpha value is -0.920. The quantitative estimate of drug-likeness (QED) is 0.687. The number of nitrogens with zero attached hydrogens (tertiary/aromatic N) is 1. The number of aliphatic hydroxyl groups is 1. The van der Waals surface area contributed by atoms with E-state index in [0.29, 0.717) is 13.0 Å². The van der Waals surface area contributed by atoms with Crippen molar-refractivity contribution in [3.63, 3.8) is 0 Å². The molecule has 1 aliphatic carbocycles. The normalized spacial score (nSPS) is 26.1. The average molecular weight is 245 g/mol. The van der Waals surface area contributed by atoms with Gasteiger partial charge < -0.3 is 10.1 Å². The Kier molecular flexibility index (Phi) is 3.27. The van der Waals surface area contributed by atoms with E-state index in [1.807, 2.05) is 0 Å². The maximum Gasteiger partial charge on any atom is 0.257 e. The number of nitrogens with one attached hydrogen (secondary N) is 2. The van der Waals surface area contributed by atoms with Gasteiger partial charge in [-0.2, -0.15) is 0 Å². The van der Waals surface area contributed by atoms with Gasteiger partial charge in [-0.15, -0.1) is 0 Å². The summed E-state index contributed by atoms with van der Waals surface area (Å²) in [6.45, 7) is 0.373. The van der Waals surface area contributed by atoms with Gasteiger partial charge in [0.2, 0.25) is 0 Å². The molecule has 1 fully saturated rings. The molecule has 1 aliphatic rings. The van der Waals surface area contributed by atoms with Crippen LogP contribution in [0.5, 0.6) is 0 Å². The minimum atomic E-state index is -3.47. The van der Waals surface area contributed by atoms with E-state index in [1.165, 1.54) is 12.5 Å². The lowest BCUT2D eigenvalue weighted by molar-refractivity contribution is 0.178. The maximum atomic E-state index is 11.7. The second-order valence-corrected chi connectivity index (χ2v) is 5.84. The Bertz CT molecular complexity index is 429. The number of sulfonamides is 1. The van der Waals surface area contributed by atoms with Crippen molar-refractivity contribution in [2.45, 2.75) is 30.4 Å². The topological polar surface area (TPSA) is 95.1 Å². The highest BCUT2D eigenvalue weighted by atomic mass is 32.2. The Labute approximate surface area is 94.1 Å². The molecule has 0 saturated heterocycles. The molecule has 2 unspecified atom stereocenters. The lowest BCUT2D eigenvalue weighted by atomic mass is 10.1. The predicted octanol–water partition coefficient (Wildman–Crippen LogP) is -0.151. The van der Waals surface area contributed by atoms with Crippen LogP contribution in [0.3, 0.4) is 0 Å². The summed E-state index contributed by atoms with van der Waals surface area (Å²) in [5.41, 5.74) is 0. The van der Waals surface area contributed by atoms with E-state index in [-0.39, 0.29) is 17.0 Å². The van der Waals surface area contributed by atoms with Crippen LogP contribution in [-0.4, -0.2) is 36.1 Å². The molecule has 1 aromatic rings. The fraction of sp³-hybridized carbons (Fsp3) is 0.667. The first-order chi connectivity index (χ1) is 7.58. The molecular formula is C9H15N3O3S. The summed E-state index contributed by atoms with van der Waals surface area (Å²) < 4.78 is 25.9. The Morgan fingerprint density at radius 3 is 2.94 bits per heavy atom. The Balaban J connectivity index is 1.91. The molecule has 90 valence electrons. The Morgan fingerprint density at radius 2 is 2.38 bits per heavy atom. The lowest BCUT2D eigenvalue weighted by Crippen LogP contribution is -2.29. The van der Waals surface area contributed by atoms with Gasteiger partial charge in [0.1, 0.15) is 0 Å². The van der Waals surface area contributed by atoms with Crippen LogP contribution >= 0.6 is 0 Å². The predicted molar refractivity (Wildman–Crippen MR) is 57.1 cm³/mol. The van der Waals surface area contributed by atoms with E-state index < -0.39 is 10.0 Å².